The maximum Gasteiger partial charge on any atom is 0.225 e. The van der Waals surface area contributed by atoms with Gasteiger partial charge >= 0.3 is 0 Å². The Balaban J connectivity index is 1.46. The van der Waals surface area contributed by atoms with Crippen molar-refractivity contribution in [3.05, 3.63) is 11.4 Å². The third-order valence-corrected chi connectivity index (χ3v) is 6.80. The highest BCUT2D eigenvalue weighted by Gasteiger charge is 2.35. The summed E-state index contributed by atoms with van der Waals surface area (Å²) >= 11 is 0. The number of fused-ring (bicyclic) bond motifs is 1. The van der Waals surface area contributed by atoms with Gasteiger partial charge in [0.25, 0.3) is 0 Å². The lowest BCUT2D eigenvalue weighted by Crippen LogP contribution is -2.51. The molecule has 2 aliphatic heterocycles. The Kier molecular flexibility index (Phi) is 6.67. The van der Waals surface area contributed by atoms with Gasteiger partial charge in [-0.3, -0.25) is 19.2 Å². The number of aromatic nitrogens is 2. The summed E-state index contributed by atoms with van der Waals surface area (Å²) in [6.45, 7) is 16.9. The van der Waals surface area contributed by atoms with E-state index in [0.717, 1.165) is 75.9 Å². The molecular weight excluding hydrogens is 416 g/mol. The fourth-order valence-electron chi connectivity index (χ4n) is 4.82. The molecule has 2 fully saturated rings. The average molecular weight is 457 g/mol. The quantitative estimate of drug-likeness (QED) is 0.658. The topological polar surface area (TPSA) is 74.0 Å². The molecule has 33 heavy (non-hydrogen) atoms. The number of aliphatic imine (C=N–C) groups is 1. The summed E-state index contributed by atoms with van der Waals surface area (Å²) in [5, 5.41) is 4.66. The maximum absolute atomic E-state index is 13.1. The van der Waals surface area contributed by atoms with Gasteiger partial charge in [-0.1, -0.05) is 34.6 Å². The van der Waals surface area contributed by atoms with Crippen molar-refractivity contribution >= 4 is 23.2 Å². The monoisotopic (exact) mass is 456 g/mol. The number of amides is 1. The lowest BCUT2D eigenvalue weighted by molar-refractivity contribution is -0.134. The van der Waals surface area contributed by atoms with Gasteiger partial charge in [0.1, 0.15) is 17.2 Å². The molecule has 8 heteroatoms. The highest BCUT2D eigenvalue weighted by atomic mass is 16.2. The van der Waals surface area contributed by atoms with E-state index in [1.54, 1.807) is 4.68 Å². The van der Waals surface area contributed by atoms with Gasteiger partial charge in [-0.2, -0.15) is 5.10 Å². The van der Waals surface area contributed by atoms with Crippen LogP contribution in [0.4, 0.5) is 5.69 Å². The molecule has 3 aliphatic rings. The second-order valence-electron chi connectivity index (χ2n) is 11.3. The van der Waals surface area contributed by atoms with Gasteiger partial charge in [0.05, 0.1) is 12.1 Å². The van der Waals surface area contributed by atoms with Crippen molar-refractivity contribution in [3.8, 4) is 0 Å². The third-order valence-electron chi connectivity index (χ3n) is 6.80. The molecule has 1 saturated heterocycles. The van der Waals surface area contributed by atoms with Crippen LogP contribution in [0.25, 0.3) is 0 Å². The van der Waals surface area contributed by atoms with E-state index in [0.29, 0.717) is 29.9 Å². The van der Waals surface area contributed by atoms with E-state index in [4.69, 9.17) is 4.99 Å². The van der Waals surface area contributed by atoms with Crippen molar-refractivity contribution < 1.29 is 9.59 Å². The lowest BCUT2D eigenvalue weighted by atomic mass is 9.90. The molecule has 0 atom stereocenters. The van der Waals surface area contributed by atoms with E-state index < -0.39 is 0 Å². The number of amidine groups is 1. The maximum atomic E-state index is 13.1. The predicted molar refractivity (Wildman–Crippen MR) is 130 cm³/mol. The Labute approximate surface area is 198 Å². The van der Waals surface area contributed by atoms with Crippen LogP contribution >= 0.6 is 0 Å². The molecule has 1 aromatic rings. The second-order valence-corrected chi connectivity index (χ2v) is 11.3. The zero-order valence-corrected chi connectivity index (χ0v) is 21.2. The van der Waals surface area contributed by atoms with Crippen molar-refractivity contribution in [3.63, 3.8) is 0 Å². The summed E-state index contributed by atoms with van der Waals surface area (Å²) in [7, 11) is 1.84. The molecule has 1 amide bonds. The summed E-state index contributed by atoms with van der Waals surface area (Å²) in [6, 6.07) is 0. The number of ketones is 1. The Morgan fingerprint density at radius 1 is 1.15 bits per heavy atom. The van der Waals surface area contributed by atoms with Crippen molar-refractivity contribution in [2.75, 3.05) is 45.8 Å². The smallest absolute Gasteiger partial charge is 0.225 e. The molecular formula is C25H40N6O2. The molecule has 182 valence electrons. The SMILES string of the molecule is CC(C)CN(CCN1CCN(C(=O)C2CC2)CC1)C1=Nc2c(C(C)(C)C)nn(C)c2C(=O)C1. The van der Waals surface area contributed by atoms with E-state index in [1.165, 1.54) is 0 Å². The zero-order chi connectivity index (χ0) is 23.9. The average Bonchev–Trinajstić information content (AvgIpc) is 3.53. The van der Waals surface area contributed by atoms with Crippen LogP contribution in [0.1, 0.15) is 70.1 Å². The molecule has 0 N–H and O–H groups in total. The highest BCUT2D eigenvalue weighted by Crippen LogP contribution is 2.37. The summed E-state index contributed by atoms with van der Waals surface area (Å²) < 4.78 is 1.70. The number of carbonyl (C=O) groups excluding carboxylic acids is 2. The van der Waals surface area contributed by atoms with E-state index in [9.17, 15) is 9.59 Å². The van der Waals surface area contributed by atoms with Gasteiger partial charge < -0.3 is 9.80 Å². The molecule has 8 nitrogen and oxygen atoms in total. The number of hydrogen-bond donors (Lipinski definition) is 0. The molecule has 0 bridgehead atoms. The van der Waals surface area contributed by atoms with E-state index >= 15 is 0 Å². The minimum absolute atomic E-state index is 0.0986. The number of Topliss-reactive ketones (excluding diaryl/α,β-unsaturated/α-hetero) is 1. The predicted octanol–water partition coefficient (Wildman–Crippen LogP) is 2.85. The third kappa shape index (κ3) is 5.31. The van der Waals surface area contributed by atoms with Gasteiger partial charge in [-0.25, -0.2) is 4.99 Å². The fourth-order valence-corrected chi connectivity index (χ4v) is 4.82. The Bertz CT molecular complexity index is 929. The largest absolute Gasteiger partial charge is 0.358 e. The van der Waals surface area contributed by atoms with Gasteiger partial charge in [-0.05, 0) is 18.8 Å². The number of carbonyl (C=O) groups is 2. The van der Waals surface area contributed by atoms with Gasteiger partial charge in [0.15, 0.2) is 5.78 Å². The van der Waals surface area contributed by atoms with Crippen LogP contribution in [0.5, 0.6) is 0 Å². The summed E-state index contributed by atoms with van der Waals surface area (Å²) in [6.07, 6.45) is 2.46. The molecule has 0 spiro atoms. The second kappa shape index (κ2) is 9.20. The normalized spacial score (nSPS) is 19.7. The van der Waals surface area contributed by atoms with Crippen LogP contribution < -0.4 is 0 Å². The van der Waals surface area contributed by atoms with Gasteiger partial charge in [-0.15, -0.1) is 0 Å². The number of rotatable bonds is 6. The van der Waals surface area contributed by atoms with Crippen LogP contribution in [0.3, 0.4) is 0 Å². The van der Waals surface area contributed by atoms with Gasteiger partial charge in [0, 0.05) is 64.2 Å². The molecule has 4 rings (SSSR count). The summed E-state index contributed by atoms with van der Waals surface area (Å²) in [4.78, 5) is 37.2. The van der Waals surface area contributed by atoms with Crippen LogP contribution in [0.15, 0.2) is 4.99 Å². The number of hydrogen-bond acceptors (Lipinski definition) is 6. The molecule has 1 saturated carbocycles. The summed E-state index contributed by atoms with van der Waals surface area (Å²) in [5.41, 5.74) is 2.08. The lowest BCUT2D eigenvalue weighted by Gasteiger charge is -2.37. The van der Waals surface area contributed by atoms with Crippen molar-refractivity contribution in [1.82, 2.24) is 24.5 Å². The minimum Gasteiger partial charge on any atom is -0.358 e. The van der Waals surface area contributed by atoms with E-state index in [1.807, 2.05) is 11.9 Å². The fraction of sp³-hybridized carbons (Fsp3) is 0.760. The van der Waals surface area contributed by atoms with Crippen molar-refractivity contribution in [2.45, 2.75) is 59.3 Å². The Hall–Kier alpha value is -2.22. The van der Waals surface area contributed by atoms with Crippen molar-refractivity contribution in [1.29, 1.82) is 0 Å². The number of aryl methyl sites for hydroxylation is 1. The molecule has 0 aromatic carbocycles. The molecule has 0 unspecified atom stereocenters. The highest BCUT2D eigenvalue weighted by molar-refractivity contribution is 6.14. The standard InChI is InChI=1S/C25H40N6O2/c1-17(2)16-31(14-11-29-9-12-30(13-10-29)24(33)18-7-8-18)20-15-19(32)22-21(26-20)23(25(3,4)5)27-28(22)6/h17-18H,7-16H2,1-6H3. The first-order valence-corrected chi connectivity index (χ1v) is 12.5. The molecule has 3 heterocycles. The Morgan fingerprint density at radius 2 is 1.82 bits per heavy atom. The van der Waals surface area contributed by atoms with Gasteiger partial charge in [0.2, 0.25) is 5.91 Å². The zero-order valence-electron chi connectivity index (χ0n) is 21.2. The van der Waals surface area contributed by atoms with Crippen molar-refractivity contribution in [2.24, 2.45) is 23.9 Å². The summed E-state index contributed by atoms with van der Waals surface area (Å²) in [5.74, 6) is 2.08. The van der Waals surface area contributed by atoms with E-state index in [2.05, 4.69) is 49.5 Å². The first-order valence-electron chi connectivity index (χ1n) is 12.5. The van der Waals surface area contributed by atoms with E-state index in [-0.39, 0.29) is 11.2 Å². The first kappa shape index (κ1) is 23.9. The molecule has 1 aromatic heterocycles. The van der Waals surface area contributed by atoms with Crippen LogP contribution in [0, 0.1) is 11.8 Å². The van der Waals surface area contributed by atoms with Crippen LogP contribution in [0.2, 0.25) is 0 Å². The number of piperazine rings is 1. The molecule has 1 aliphatic carbocycles. The first-order chi connectivity index (χ1) is 15.5. The van der Waals surface area contributed by atoms with Crippen LogP contribution in [-0.2, 0) is 17.3 Å². The number of nitrogens with zero attached hydrogens (tertiary/aromatic N) is 6. The Morgan fingerprint density at radius 3 is 2.39 bits per heavy atom. The van der Waals surface area contributed by atoms with Crippen LogP contribution in [-0.4, -0.2) is 87.8 Å². The molecule has 0 radical (unpaired) electrons. The minimum atomic E-state index is -0.183.